The van der Waals surface area contributed by atoms with Crippen LogP contribution in [0, 0.1) is 0 Å². The van der Waals surface area contributed by atoms with Gasteiger partial charge in [-0.2, -0.15) is 0 Å². The summed E-state index contributed by atoms with van der Waals surface area (Å²) in [4.78, 5) is 12.4. The number of halogens is 1. The molecule has 0 spiro atoms. The number of nitrogens with one attached hydrogen (secondary N) is 1. The molecule has 0 fully saturated rings. The fourth-order valence-electron chi connectivity index (χ4n) is 1.99. The van der Waals surface area contributed by atoms with E-state index in [4.69, 9.17) is 11.6 Å². The highest BCUT2D eigenvalue weighted by molar-refractivity contribution is 6.30. The molecular weight excluding hydrogens is 262 g/mol. The van der Waals surface area contributed by atoms with Crippen molar-refractivity contribution in [3.05, 3.63) is 35.8 Å². The van der Waals surface area contributed by atoms with Gasteiger partial charge in [-0.05, 0) is 12.8 Å². The Bertz CT molecular complexity index is 524. The minimum Gasteiger partial charge on any atom is -0.365 e. The Balaban J connectivity index is 2.12. The first-order valence-corrected chi connectivity index (χ1v) is 6.68. The minimum atomic E-state index is 0.220. The Labute approximate surface area is 118 Å². The molecule has 19 heavy (non-hydrogen) atoms. The summed E-state index contributed by atoms with van der Waals surface area (Å²) < 4.78 is 2.02. The van der Waals surface area contributed by atoms with E-state index in [0.29, 0.717) is 5.15 Å². The van der Waals surface area contributed by atoms with E-state index in [1.807, 2.05) is 10.8 Å². The molecule has 1 atom stereocenters. The zero-order valence-electron chi connectivity index (χ0n) is 11.3. The van der Waals surface area contributed by atoms with E-state index in [2.05, 4.69) is 41.0 Å². The third-order valence-electron chi connectivity index (χ3n) is 2.84. The summed E-state index contributed by atoms with van der Waals surface area (Å²) in [6, 6.07) is 0.220. The molecule has 5 nitrogen and oxygen atoms in total. The van der Waals surface area contributed by atoms with Gasteiger partial charge in [-0.1, -0.05) is 25.4 Å². The van der Waals surface area contributed by atoms with Crippen molar-refractivity contribution in [2.75, 3.05) is 5.32 Å². The van der Waals surface area contributed by atoms with Crippen LogP contribution in [0.5, 0.6) is 0 Å². The lowest BCUT2D eigenvalue weighted by Gasteiger charge is -2.19. The van der Waals surface area contributed by atoms with Gasteiger partial charge in [0.2, 0.25) is 0 Å². The molecule has 102 valence electrons. The van der Waals surface area contributed by atoms with Gasteiger partial charge in [-0.15, -0.1) is 0 Å². The second-order valence-electron chi connectivity index (χ2n) is 4.89. The summed E-state index contributed by atoms with van der Waals surface area (Å²) in [6.45, 7) is 7.08. The van der Waals surface area contributed by atoms with E-state index in [9.17, 15) is 0 Å². The van der Waals surface area contributed by atoms with Gasteiger partial charge in [0.15, 0.2) is 0 Å². The highest BCUT2D eigenvalue weighted by atomic mass is 35.5. The number of anilines is 1. The van der Waals surface area contributed by atoms with Crippen LogP contribution in [0.3, 0.4) is 0 Å². The molecular formula is C13H18ClN5. The Hall–Kier alpha value is -1.62. The molecule has 0 aliphatic rings. The third-order valence-corrected chi connectivity index (χ3v) is 3.14. The highest BCUT2D eigenvalue weighted by Gasteiger charge is 2.15. The van der Waals surface area contributed by atoms with Crippen molar-refractivity contribution in [2.24, 2.45) is 0 Å². The van der Waals surface area contributed by atoms with Gasteiger partial charge < -0.3 is 9.88 Å². The highest BCUT2D eigenvalue weighted by Crippen LogP contribution is 2.28. The van der Waals surface area contributed by atoms with Crippen molar-refractivity contribution in [1.82, 2.24) is 19.5 Å². The standard InChI is InChI=1S/C13H18ClN5/c1-9(2)11-12(14)16-7-17-13(11)18-10(3)6-19-5-4-15-8-19/h4-5,7-10H,6H2,1-3H3,(H,16,17,18). The molecule has 0 saturated heterocycles. The van der Waals surface area contributed by atoms with Crippen LogP contribution in [0.2, 0.25) is 5.15 Å². The second kappa shape index (κ2) is 6.02. The molecule has 0 aliphatic carbocycles. The number of imidazole rings is 1. The third kappa shape index (κ3) is 3.44. The maximum Gasteiger partial charge on any atom is 0.138 e. The maximum atomic E-state index is 6.14. The fourth-order valence-corrected chi connectivity index (χ4v) is 2.34. The van der Waals surface area contributed by atoms with Crippen molar-refractivity contribution in [1.29, 1.82) is 0 Å². The minimum absolute atomic E-state index is 0.220. The lowest BCUT2D eigenvalue weighted by atomic mass is 10.1. The van der Waals surface area contributed by atoms with Gasteiger partial charge >= 0.3 is 0 Å². The van der Waals surface area contributed by atoms with E-state index < -0.39 is 0 Å². The number of hydrogen-bond donors (Lipinski definition) is 1. The number of aromatic nitrogens is 4. The number of hydrogen-bond acceptors (Lipinski definition) is 4. The van der Waals surface area contributed by atoms with Gasteiger partial charge in [-0.25, -0.2) is 15.0 Å². The van der Waals surface area contributed by atoms with Gasteiger partial charge in [-0.3, -0.25) is 0 Å². The summed E-state index contributed by atoms with van der Waals surface area (Å²) in [5, 5.41) is 3.90. The molecule has 0 aromatic carbocycles. The van der Waals surface area contributed by atoms with Gasteiger partial charge in [0.25, 0.3) is 0 Å². The quantitative estimate of drug-likeness (QED) is 0.855. The average Bonchev–Trinajstić information content (AvgIpc) is 2.81. The largest absolute Gasteiger partial charge is 0.365 e. The average molecular weight is 280 g/mol. The van der Waals surface area contributed by atoms with Crippen molar-refractivity contribution in [2.45, 2.75) is 39.3 Å². The maximum absolute atomic E-state index is 6.14. The first kappa shape index (κ1) is 13.8. The van der Waals surface area contributed by atoms with Crippen LogP contribution < -0.4 is 5.32 Å². The summed E-state index contributed by atoms with van der Waals surface area (Å²) in [7, 11) is 0. The molecule has 2 rings (SSSR count). The molecule has 1 unspecified atom stereocenters. The Kier molecular flexibility index (Phi) is 4.37. The van der Waals surface area contributed by atoms with Crippen LogP contribution in [0.15, 0.2) is 25.0 Å². The topological polar surface area (TPSA) is 55.6 Å². The molecule has 2 aromatic heterocycles. The summed E-state index contributed by atoms with van der Waals surface area (Å²) in [5.41, 5.74) is 0.960. The molecule has 1 N–H and O–H groups in total. The van der Waals surface area contributed by atoms with Crippen molar-refractivity contribution in [3.8, 4) is 0 Å². The van der Waals surface area contributed by atoms with E-state index >= 15 is 0 Å². The smallest absolute Gasteiger partial charge is 0.138 e. The van der Waals surface area contributed by atoms with Gasteiger partial charge in [0, 0.05) is 30.5 Å². The predicted octanol–water partition coefficient (Wildman–Crippen LogP) is 2.95. The first-order valence-electron chi connectivity index (χ1n) is 6.30. The number of nitrogens with zero attached hydrogens (tertiary/aromatic N) is 4. The van der Waals surface area contributed by atoms with Crippen molar-refractivity contribution >= 4 is 17.4 Å². The second-order valence-corrected chi connectivity index (χ2v) is 5.24. The van der Waals surface area contributed by atoms with Gasteiger partial charge in [0.1, 0.15) is 17.3 Å². The molecule has 2 aromatic rings. The van der Waals surface area contributed by atoms with E-state index in [1.165, 1.54) is 6.33 Å². The first-order chi connectivity index (χ1) is 9.08. The summed E-state index contributed by atoms with van der Waals surface area (Å²) in [5.74, 6) is 1.08. The molecule has 0 aliphatic heterocycles. The van der Waals surface area contributed by atoms with E-state index in [1.54, 1.807) is 12.5 Å². The Morgan fingerprint density at radius 3 is 2.74 bits per heavy atom. The van der Waals surface area contributed by atoms with E-state index in [0.717, 1.165) is 17.9 Å². The zero-order chi connectivity index (χ0) is 13.8. The lowest BCUT2D eigenvalue weighted by Crippen LogP contribution is -2.23. The normalized spacial score (nSPS) is 12.7. The van der Waals surface area contributed by atoms with Crippen LogP contribution >= 0.6 is 11.6 Å². The molecule has 2 heterocycles. The van der Waals surface area contributed by atoms with Crippen molar-refractivity contribution in [3.63, 3.8) is 0 Å². The number of rotatable bonds is 5. The van der Waals surface area contributed by atoms with Crippen LogP contribution in [0.25, 0.3) is 0 Å². The molecule has 0 amide bonds. The Morgan fingerprint density at radius 2 is 2.11 bits per heavy atom. The fraction of sp³-hybridized carbons (Fsp3) is 0.462. The molecule has 0 saturated carbocycles. The van der Waals surface area contributed by atoms with Gasteiger partial charge in [0.05, 0.1) is 6.33 Å². The van der Waals surface area contributed by atoms with Crippen LogP contribution in [-0.2, 0) is 6.54 Å². The SMILES string of the molecule is CC(Cn1ccnc1)Nc1ncnc(Cl)c1C(C)C. The van der Waals surface area contributed by atoms with Crippen LogP contribution in [-0.4, -0.2) is 25.6 Å². The monoisotopic (exact) mass is 279 g/mol. The van der Waals surface area contributed by atoms with Crippen LogP contribution in [0.1, 0.15) is 32.3 Å². The summed E-state index contributed by atoms with van der Waals surface area (Å²) in [6.07, 6.45) is 7.00. The Morgan fingerprint density at radius 1 is 1.32 bits per heavy atom. The predicted molar refractivity (Wildman–Crippen MR) is 76.4 cm³/mol. The zero-order valence-corrected chi connectivity index (χ0v) is 12.1. The molecule has 0 bridgehead atoms. The molecule has 6 heteroatoms. The van der Waals surface area contributed by atoms with Crippen LogP contribution in [0.4, 0.5) is 5.82 Å². The van der Waals surface area contributed by atoms with E-state index in [-0.39, 0.29) is 12.0 Å². The van der Waals surface area contributed by atoms with Crippen molar-refractivity contribution < 1.29 is 0 Å². The molecule has 0 radical (unpaired) electrons. The summed E-state index contributed by atoms with van der Waals surface area (Å²) >= 11 is 6.14. The lowest BCUT2D eigenvalue weighted by molar-refractivity contribution is 0.615.